The number of carboxylic acids is 1. The van der Waals surface area contributed by atoms with Crippen LogP contribution in [0.5, 0.6) is 5.75 Å². The second kappa shape index (κ2) is 8.57. The van der Waals surface area contributed by atoms with Gasteiger partial charge in [-0.05, 0) is 17.0 Å². The monoisotopic (exact) mass is 414 g/mol. The highest BCUT2D eigenvalue weighted by Gasteiger charge is 2.22. The Labute approximate surface area is 169 Å². The maximum atomic E-state index is 12.1. The SMILES string of the molecule is Cn1c(-c2sccc2NCC(=O)NCc2ccccc2)nc(C(=O)O)c(O)c1=O. The molecule has 0 atom stereocenters. The molecule has 150 valence electrons. The lowest BCUT2D eigenvalue weighted by molar-refractivity contribution is -0.119. The van der Waals surface area contributed by atoms with Crippen molar-refractivity contribution in [1.82, 2.24) is 14.9 Å². The number of carbonyl (C=O) groups is 2. The Morgan fingerprint density at radius 2 is 1.93 bits per heavy atom. The van der Waals surface area contributed by atoms with Crippen molar-refractivity contribution in [2.75, 3.05) is 11.9 Å². The highest BCUT2D eigenvalue weighted by atomic mass is 32.1. The summed E-state index contributed by atoms with van der Waals surface area (Å²) in [6, 6.07) is 11.2. The first-order chi connectivity index (χ1) is 13.9. The number of nitrogens with one attached hydrogen (secondary N) is 2. The highest BCUT2D eigenvalue weighted by Crippen LogP contribution is 2.32. The van der Waals surface area contributed by atoms with Crippen molar-refractivity contribution in [3.05, 3.63) is 63.4 Å². The number of carboxylic acid groups (broad SMARTS) is 1. The van der Waals surface area contributed by atoms with Crippen LogP contribution < -0.4 is 16.2 Å². The van der Waals surface area contributed by atoms with E-state index in [0.717, 1.165) is 10.1 Å². The maximum absolute atomic E-state index is 12.1. The van der Waals surface area contributed by atoms with Crippen molar-refractivity contribution in [1.29, 1.82) is 0 Å². The molecule has 0 aliphatic heterocycles. The van der Waals surface area contributed by atoms with Crippen LogP contribution in [-0.2, 0) is 18.4 Å². The van der Waals surface area contributed by atoms with Gasteiger partial charge in [-0.15, -0.1) is 11.3 Å². The molecule has 0 spiro atoms. The number of benzene rings is 1. The van der Waals surface area contributed by atoms with Crippen LogP contribution in [-0.4, -0.2) is 38.2 Å². The molecule has 2 aromatic heterocycles. The summed E-state index contributed by atoms with van der Waals surface area (Å²) in [6.07, 6.45) is 0. The van der Waals surface area contributed by atoms with Gasteiger partial charge in [0, 0.05) is 13.6 Å². The number of carbonyl (C=O) groups excluding carboxylic acids is 1. The van der Waals surface area contributed by atoms with Crippen LogP contribution in [0.1, 0.15) is 16.1 Å². The average molecular weight is 414 g/mol. The quantitative estimate of drug-likeness (QED) is 0.462. The molecule has 3 rings (SSSR count). The number of hydrogen-bond acceptors (Lipinski definition) is 7. The topological polar surface area (TPSA) is 134 Å². The van der Waals surface area contributed by atoms with E-state index in [1.54, 1.807) is 11.4 Å². The summed E-state index contributed by atoms with van der Waals surface area (Å²) in [4.78, 5) is 39.9. The van der Waals surface area contributed by atoms with E-state index >= 15 is 0 Å². The van der Waals surface area contributed by atoms with E-state index in [2.05, 4.69) is 15.6 Å². The normalized spacial score (nSPS) is 10.5. The van der Waals surface area contributed by atoms with Gasteiger partial charge in [0.25, 0.3) is 5.56 Å². The summed E-state index contributed by atoms with van der Waals surface area (Å²) >= 11 is 1.22. The number of nitrogens with zero attached hydrogens (tertiary/aromatic N) is 2. The molecule has 2 heterocycles. The van der Waals surface area contributed by atoms with Crippen molar-refractivity contribution in [2.45, 2.75) is 6.54 Å². The number of aromatic carboxylic acids is 1. The number of aromatic nitrogens is 2. The first-order valence-electron chi connectivity index (χ1n) is 8.54. The third-order valence-electron chi connectivity index (χ3n) is 4.11. The molecule has 10 heteroatoms. The lowest BCUT2D eigenvalue weighted by atomic mass is 10.2. The van der Waals surface area contributed by atoms with Gasteiger partial charge in [0.2, 0.25) is 11.7 Å². The van der Waals surface area contributed by atoms with E-state index in [4.69, 9.17) is 5.11 Å². The first-order valence-corrected chi connectivity index (χ1v) is 9.42. The Bertz CT molecular complexity index is 1110. The second-order valence-corrected chi connectivity index (χ2v) is 7.00. The summed E-state index contributed by atoms with van der Waals surface area (Å²) in [6.45, 7) is 0.377. The minimum atomic E-state index is -1.51. The van der Waals surface area contributed by atoms with E-state index in [9.17, 15) is 19.5 Å². The van der Waals surface area contributed by atoms with E-state index in [0.29, 0.717) is 17.1 Å². The minimum absolute atomic E-state index is 0.0195. The van der Waals surface area contributed by atoms with Gasteiger partial charge in [-0.1, -0.05) is 30.3 Å². The summed E-state index contributed by atoms with van der Waals surface area (Å²) in [5, 5.41) is 26.4. The fourth-order valence-electron chi connectivity index (χ4n) is 2.60. The molecular formula is C19H18N4O5S. The van der Waals surface area contributed by atoms with Gasteiger partial charge in [-0.2, -0.15) is 0 Å². The van der Waals surface area contributed by atoms with E-state index in [1.165, 1.54) is 18.4 Å². The van der Waals surface area contributed by atoms with Crippen molar-refractivity contribution in [2.24, 2.45) is 7.05 Å². The molecule has 0 aliphatic rings. The van der Waals surface area contributed by atoms with Crippen LogP contribution in [0, 0.1) is 0 Å². The van der Waals surface area contributed by atoms with Crippen molar-refractivity contribution >= 4 is 28.9 Å². The van der Waals surface area contributed by atoms with E-state index < -0.39 is 23.0 Å². The predicted octanol–water partition coefficient (Wildman–Crippen LogP) is 1.64. The van der Waals surface area contributed by atoms with Crippen molar-refractivity contribution < 1.29 is 19.8 Å². The molecule has 0 fully saturated rings. The molecule has 0 bridgehead atoms. The first kappa shape index (κ1) is 20.1. The fourth-order valence-corrected chi connectivity index (χ4v) is 3.49. The third kappa shape index (κ3) is 4.43. The molecule has 1 amide bonds. The molecule has 0 saturated heterocycles. The molecular weight excluding hydrogens is 396 g/mol. The zero-order chi connectivity index (χ0) is 21.0. The largest absolute Gasteiger partial charge is 0.501 e. The molecule has 29 heavy (non-hydrogen) atoms. The van der Waals surface area contributed by atoms with Gasteiger partial charge < -0.3 is 20.8 Å². The zero-order valence-electron chi connectivity index (χ0n) is 15.4. The maximum Gasteiger partial charge on any atom is 0.358 e. The number of rotatable bonds is 7. The van der Waals surface area contributed by atoms with E-state index in [-0.39, 0.29) is 18.3 Å². The summed E-state index contributed by atoms with van der Waals surface area (Å²) in [5.74, 6) is -2.58. The average Bonchev–Trinajstić information content (AvgIpc) is 3.18. The van der Waals surface area contributed by atoms with Crippen LogP contribution in [0.4, 0.5) is 5.69 Å². The molecule has 4 N–H and O–H groups in total. The molecule has 9 nitrogen and oxygen atoms in total. The van der Waals surface area contributed by atoms with Gasteiger partial charge in [-0.3, -0.25) is 14.2 Å². The Morgan fingerprint density at radius 1 is 1.21 bits per heavy atom. The standard InChI is InChI=1S/C19H18N4O5S/c1-23-17(22-14(19(27)28)15(25)18(23)26)16-12(7-8-29-16)20-10-13(24)21-9-11-5-3-2-4-6-11/h2-8,20,25H,9-10H2,1H3,(H,21,24)(H,27,28). The summed E-state index contributed by atoms with van der Waals surface area (Å²) in [5.41, 5.74) is -0.0913. The fraction of sp³-hybridized carbons (Fsp3) is 0.158. The predicted molar refractivity (Wildman–Crippen MR) is 108 cm³/mol. The van der Waals surface area contributed by atoms with Gasteiger partial charge in [-0.25, -0.2) is 9.78 Å². The highest BCUT2D eigenvalue weighted by molar-refractivity contribution is 7.14. The third-order valence-corrected chi connectivity index (χ3v) is 5.02. The van der Waals surface area contributed by atoms with Crippen molar-refractivity contribution in [3.63, 3.8) is 0 Å². The number of amides is 1. The Hall–Kier alpha value is -3.66. The lowest BCUT2D eigenvalue weighted by Crippen LogP contribution is -2.29. The zero-order valence-corrected chi connectivity index (χ0v) is 16.2. The number of thiophene rings is 1. The number of anilines is 1. The molecule has 0 saturated carbocycles. The van der Waals surface area contributed by atoms with Crippen molar-refractivity contribution in [3.8, 4) is 16.5 Å². The Morgan fingerprint density at radius 3 is 2.62 bits per heavy atom. The van der Waals surface area contributed by atoms with Gasteiger partial charge in [0.15, 0.2) is 11.5 Å². The summed E-state index contributed by atoms with van der Waals surface area (Å²) < 4.78 is 1.06. The molecule has 1 aromatic carbocycles. The lowest BCUT2D eigenvalue weighted by Gasteiger charge is -2.12. The van der Waals surface area contributed by atoms with Crippen LogP contribution >= 0.6 is 11.3 Å². The van der Waals surface area contributed by atoms with Crippen LogP contribution in [0.3, 0.4) is 0 Å². The second-order valence-electron chi connectivity index (χ2n) is 6.08. The van der Waals surface area contributed by atoms with Gasteiger partial charge >= 0.3 is 5.97 Å². The summed E-state index contributed by atoms with van der Waals surface area (Å²) in [7, 11) is 1.38. The van der Waals surface area contributed by atoms with Crippen LogP contribution in [0.25, 0.3) is 10.7 Å². The van der Waals surface area contributed by atoms with E-state index in [1.807, 2.05) is 30.3 Å². The number of hydrogen-bond donors (Lipinski definition) is 4. The molecule has 0 aliphatic carbocycles. The molecule has 0 unspecified atom stereocenters. The molecule has 3 aromatic rings. The Balaban J connectivity index is 1.75. The minimum Gasteiger partial charge on any atom is -0.501 e. The number of aromatic hydroxyl groups is 1. The Kier molecular flexibility index (Phi) is 5.93. The molecule has 0 radical (unpaired) electrons. The van der Waals surface area contributed by atoms with Crippen LogP contribution in [0.2, 0.25) is 0 Å². The van der Waals surface area contributed by atoms with Crippen LogP contribution in [0.15, 0.2) is 46.6 Å². The van der Waals surface area contributed by atoms with Gasteiger partial charge in [0.1, 0.15) is 0 Å². The smallest absolute Gasteiger partial charge is 0.358 e. The van der Waals surface area contributed by atoms with Gasteiger partial charge in [0.05, 0.1) is 17.1 Å².